The van der Waals surface area contributed by atoms with E-state index in [2.05, 4.69) is 50.2 Å². The summed E-state index contributed by atoms with van der Waals surface area (Å²) < 4.78 is 13.9. The molecule has 8 heteroatoms. The maximum absolute atomic E-state index is 8.24. The molecule has 0 aliphatic rings. The average molecular weight is 547 g/mol. The summed E-state index contributed by atoms with van der Waals surface area (Å²) in [4.78, 5) is 6.93. The molecule has 2 heterocycles. The minimum absolute atomic E-state index is 0. The average Bonchev–Trinajstić information content (AvgIpc) is 2.93. The number of hydrogen-bond acceptors (Lipinski definition) is 4. The highest BCUT2D eigenvalue weighted by Gasteiger charge is 2.03. The number of aryl methyl sites for hydroxylation is 3. The van der Waals surface area contributed by atoms with E-state index < -0.39 is 0 Å². The van der Waals surface area contributed by atoms with Crippen molar-refractivity contribution < 1.29 is 14.0 Å². The largest absolute Gasteiger partial charge is 0.381 e. The molecule has 7 nitrogen and oxygen atoms in total. The van der Waals surface area contributed by atoms with Crippen molar-refractivity contribution in [1.82, 2.24) is 4.98 Å². The van der Waals surface area contributed by atoms with Gasteiger partial charge in [0.05, 0.1) is 0 Å². The lowest BCUT2D eigenvalue weighted by Crippen LogP contribution is -2.33. The van der Waals surface area contributed by atoms with E-state index in [1.54, 1.807) is 0 Å². The van der Waals surface area contributed by atoms with Gasteiger partial charge in [0.15, 0.2) is 12.4 Å². The summed E-state index contributed by atoms with van der Waals surface area (Å²) in [5.74, 6) is 0. The number of nitrogens with zero attached hydrogens (tertiary/aromatic N) is 5. The summed E-state index contributed by atoms with van der Waals surface area (Å²) >= 11 is 0. The lowest BCUT2D eigenvalue weighted by atomic mass is 10.1. The molecule has 0 bridgehead atoms. The quantitative estimate of drug-likeness (QED) is 0.0446. The molecule has 0 radical (unpaired) electrons. The predicted octanol–water partition coefficient (Wildman–Crippen LogP) is 7.60. The molecule has 0 spiro atoms. The molecule has 2 aromatic rings. The highest BCUT2D eigenvalue weighted by molar-refractivity contribution is 5.85. The fourth-order valence-corrected chi connectivity index (χ4v) is 4.36. The van der Waals surface area contributed by atoms with Gasteiger partial charge in [-0.15, -0.1) is 12.4 Å². The Morgan fingerprint density at radius 3 is 2.03 bits per heavy atom. The molecule has 0 fully saturated rings. The molecular weight excluding hydrogens is 498 g/mol. The molecule has 0 N–H and O–H groups in total. The molecule has 0 atom stereocenters. The third-order valence-electron chi connectivity index (χ3n) is 6.47. The highest BCUT2D eigenvalue weighted by Crippen LogP contribution is 2.07. The zero-order valence-corrected chi connectivity index (χ0v) is 24.0. The van der Waals surface area contributed by atoms with Crippen LogP contribution in [0.25, 0.3) is 10.4 Å². The van der Waals surface area contributed by atoms with Crippen LogP contribution in [0.3, 0.4) is 0 Å². The normalized spacial score (nSPS) is 10.6. The van der Waals surface area contributed by atoms with Crippen LogP contribution in [0, 0.1) is 0 Å². The lowest BCUT2D eigenvalue weighted by molar-refractivity contribution is -0.697. The Hall–Kier alpha value is -2.18. The van der Waals surface area contributed by atoms with Crippen molar-refractivity contribution in [3.05, 3.63) is 70.6 Å². The van der Waals surface area contributed by atoms with Crippen LogP contribution in [-0.4, -0.2) is 38.0 Å². The van der Waals surface area contributed by atoms with E-state index in [0.717, 1.165) is 84.3 Å². The second-order valence-electron chi connectivity index (χ2n) is 9.73. The minimum atomic E-state index is 0. The van der Waals surface area contributed by atoms with Crippen molar-refractivity contribution in [2.24, 2.45) is 5.11 Å². The zero-order chi connectivity index (χ0) is 26.1. The first-order chi connectivity index (χ1) is 18.4. The van der Waals surface area contributed by atoms with Crippen LogP contribution in [0.5, 0.6) is 0 Å². The van der Waals surface area contributed by atoms with Gasteiger partial charge in [0.25, 0.3) is 0 Å². The number of halogens is 1. The highest BCUT2D eigenvalue weighted by atomic mass is 35.5. The standard InChI is InChI=1S/C30H48N5O2.ClH/c31-34-33-20-7-3-1-2-5-9-23-37-26-14-18-30-16-12-22-35(28-30)21-8-4-6-10-24-36-25-13-17-29-15-11-19-32-27-29;/h11-12,15-16,19,22,27-28H,1-10,13-14,17-18,20-21,23-26H2;1H/q+1;. The van der Waals surface area contributed by atoms with Crippen LogP contribution >= 0.6 is 12.4 Å². The van der Waals surface area contributed by atoms with Gasteiger partial charge >= 0.3 is 0 Å². The molecule has 2 rings (SSSR count). The first kappa shape index (κ1) is 33.8. The van der Waals surface area contributed by atoms with Crippen LogP contribution in [-0.2, 0) is 28.9 Å². The molecule has 0 aromatic carbocycles. The molecular formula is C30H49ClN5O2+. The van der Waals surface area contributed by atoms with Gasteiger partial charge in [-0.1, -0.05) is 43.3 Å². The van der Waals surface area contributed by atoms with Crippen LogP contribution in [0.15, 0.2) is 54.2 Å². The monoisotopic (exact) mass is 546 g/mol. The predicted molar refractivity (Wildman–Crippen MR) is 157 cm³/mol. The topological polar surface area (TPSA) is 84.0 Å². The number of ether oxygens (including phenoxy) is 2. The molecule has 2 aromatic heterocycles. The fraction of sp³-hybridized carbons (Fsp3) is 0.667. The van der Waals surface area contributed by atoms with Crippen molar-refractivity contribution >= 4 is 12.4 Å². The lowest BCUT2D eigenvalue weighted by Gasteiger charge is -2.05. The van der Waals surface area contributed by atoms with Gasteiger partial charge in [-0.3, -0.25) is 4.98 Å². The Bertz CT molecular complexity index is 850. The molecule has 0 aliphatic heterocycles. The van der Waals surface area contributed by atoms with E-state index in [9.17, 15) is 0 Å². The molecule has 38 heavy (non-hydrogen) atoms. The Balaban J connectivity index is 0.00000722. The summed E-state index contributed by atoms with van der Waals surface area (Å²) in [6, 6.07) is 8.51. The Labute approximate surface area is 236 Å². The summed E-state index contributed by atoms with van der Waals surface area (Å²) in [7, 11) is 0. The van der Waals surface area contributed by atoms with Gasteiger partial charge in [-0.2, -0.15) is 0 Å². The molecule has 0 saturated heterocycles. The van der Waals surface area contributed by atoms with Gasteiger partial charge in [-0.05, 0) is 74.6 Å². The van der Waals surface area contributed by atoms with Gasteiger partial charge in [0, 0.05) is 68.3 Å². The van der Waals surface area contributed by atoms with Gasteiger partial charge in [0.2, 0.25) is 0 Å². The fourth-order valence-electron chi connectivity index (χ4n) is 4.36. The minimum Gasteiger partial charge on any atom is -0.381 e. The molecule has 0 amide bonds. The Kier molecular flexibility index (Phi) is 22.4. The van der Waals surface area contributed by atoms with Crippen LogP contribution in [0.1, 0.15) is 88.2 Å². The van der Waals surface area contributed by atoms with E-state index in [4.69, 9.17) is 15.0 Å². The number of rotatable bonds is 24. The van der Waals surface area contributed by atoms with Gasteiger partial charge in [-0.25, -0.2) is 4.57 Å². The van der Waals surface area contributed by atoms with Crippen molar-refractivity contribution in [3.63, 3.8) is 0 Å². The molecule has 0 saturated carbocycles. The van der Waals surface area contributed by atoms with Crippen LogP contribution in [0.4, 0.5) is 0 Å². The Morgan fingerprint density at radius 2 is 1.34 bits per heavy atom. The SMILES string of the molecule is Cl.[N-]=[N+]=NCCCCCCCCOCCCc1ccc[n+](CCCCCCOCCCc2cccnc2)c1. The van der Waals surface area contributed by atoms with Crippen LogP contribution < -0.4 is 4.57 Å². The molecule has 212 valence electrons. The summed E-state index contributed by atoms with van der Waals surface area (Å²) in [6.45, 7) is 5.13. The van der Waals surface area contributed by atoms with Gasteiger partial charge in [0.1, 0.15) is 6.54 Å². The van der Waals surface area contributed by atoms with E-state index in [0.29, 0.717) is 6.54 Å². The van der Waals surface area contributed by atoms with E-state index in [1.807, 2.05) is 18.5 Å². The molecule has 0 unspecified atom stereocenters. The van der Waals surface area contributed by atoms with Crippen LogP contribution in [0.2, 0.25) is 0 Å². The number of unbranched alkanes of at least 4 members (excludes halogenated alkanes) is 8. The number of aromatic nitrogens is 2. The smallest absolute Gasteiger partial charge is 0.171 e. The van der Waals surface area contributed by atoms with Crippen molar-refractivity contribution in [1.29, 1.82) is 0 Å². The first-order valence-corrected chi connectivity index (χ1v) is 14.4. The van der Waals surface area contributed by atoms with Gasteiger partial charge < -0.3 is 9.47 Å². The second kappa shape index (κ2) is 25.1. The molecule has 0 aliphatic carbocycles. The third kappa shape index (κ3) is 19.0. The van der Waals surface area contributed by atoms with E-state index in [1.165, 1.54) is 49.7 Å². The van der Waals surface area contributed by atoms with Crippen molar-refractivity contribution in [2.75, 3.05) is 33.0 Å². The van der Waals surface area contributed by atoms with E-state index in [-0.39, 0.29) is 12.4 Å². The second-order valence-corrected chi connectivity index (χ2v) is 9.73. The third-order valence-corrected chi connectivity index (χ3v) is 6.47. The number of hydrogen-bond donors (Lipinski definition) is 0. The summed E-state index contributed by atoms with van der Waals surface area (Å²) in [5.41, 5.74) is 10.9. The zero-order valence-electron chi connectivity index (χ0n) is 23.2. The van der Waals surface area contributed by atoms with Crippen molar-refractivity contribution in [2.45, 2.75) is 96.4 Å². The van der Waals surface area contributed by atoms with E-state index >= 15 is 0 Å². The summed E-state index contributed by atoms with van der Waals surface area (Å²) in [6.07, 6.45) is 24.3. The number of azide groups is 1. The first-order valence-electron chi connectivity index (χ1n) is 14.4. The Morgan fingerprint density at radius 1 is 0.737 bits per heavy atom. The maximum atomic E-state index is 8.24. The van der Waals surface area contributed by atoms with Crippen molar-refractivity contribution in [3.8, 4) is 0 Å². The maximum Gasteiger partial charge on any atom is 0.171 e. The number of pyridine rings is 2. The summed E-state index contributed by atoms with van der Waals surface area (Å²) in [5, 5.41) is 3.57.